The highest BCUT2D eigenvalue weighted by atomic mass is 16.5. The first-order chi connectivity index (χ1) is 13.1. The van der Waals surface area contributed by atoms with Crippen molar-refractivity contribution in [3.05, 3.63) is 29.8 Å². The second-order valence-electron chi connectivity index (χ2n) is 7.61. The van der Waals surface area contributed by atoms with Gasteiger partial charge in [0.1, 0.15) is 12.4 Å². The first-order valence-electron chi connectivity index (χ1n) is 9.99. The quantitative estimate of drug-likeness (QED) is 0.827. The van der Waals surface area contributed by atoms with Crippen LogP contribution in [0, 0.1) is 11.8 Å². The maximum atomic E-state index is 12.9. The Kier molecular flexibility index (Phi) is 6.72. The minimum absolute atomic E-state index is 0.0232. The summed E-state index contributed by atoms with van der Waals surface area (Å²) in [6, 6.07) is 7.38. The molecule has 0 radical (unpaired) electrons. The number of likely N-dealkylation sites (tertiary alicyclic amines) is 2. The van der Waals surface area contributed by atoms with Gasteiger partial charge in [0.15, 0.2) is 0 Å². The van der Waals surface area contributed by atoms with Gasteiger partial charge in [0.25, 0.3) is 0 Å². The highest BCUT2D eigenvalue weighted by molar-refractivity contribution is 5.80. The van der Waals surface area contributed by atoms with Crippen LogP contribution in [0.2, 0.25) is 0 Å². The lowest BCUT2D eigenvalue weighted by Gasteiger charge is -2.33. The first-order valence-corrected chi connectivity index (χ1v) is 9.99. The summed E-state index contributed by atoms with van der Waals surface area (Å²) in [5.41, 5.74) is 1.12. The summed E-state index contributed by atoms with van der Waals surface area (Å²) in [6.45, 7) is 5.44. The van der Waals surface area contributed by atoms with Crippen molar-refractivity contribution in [3.63, 3.8) is 0 Å². The topological polar surface area (TPSA) is 70.1 Å². The second-order valence-corrected chi connectivity index (χ2v) is 7.61. The Morgan fingerprint density at radius 3 is 2.59 bits per heavy atom. The number of phenols is 1. The van der Waals surface area contributed by atoms with Gasteiger partial charge in [-0.3, -0.25) is 9.59 Å². The molecular formula is C21H30N2O4. The molecule has 3 rings (SSSR count). The van der Waals surface area contributed by atoms with Crippen molar-refractivity contribution in [2.24, 2.45) is 11.8 Å². The van der Waals surface area contributed by atoms with E-state index in [1.54, 1.807) is 12.1 Å². The highest BCUT2D eigenvalue weighted by Crippen LogP contribution is 2.26. The largest absolute Gasteiger partial charge is 0.508 e. The molecule has 27 heavy (non-hydrogen) atoms. The zero-order valence-corrected chi connectivity index (χ0v) is 16.1. The average molecular weight is 374 g/mol. The number of benzene rings is 1. The van der Waals surface area contributed by atoms with Crippen molar-refractivity contribution < 1.29 is 19.4 Å². The molecule has 0 saturated carbocycles. The van der Waals surface area contributed by atoms with Crippen LogP contribution in [0.15, 0.2) is 24.3 Å². The van der Waals surface area contributed by atoms with Crippen LogP contribution in [-0.2, 0) is 20.7 Å². The number of ether oxygens (including phenoxy) is 1. The number of amides is 2. The van der Waals surface area contributed by atoms with E-state index in [1.807, 2.05) is 28.9 Å². The van der Waals surface area contributed by atoms with Crippen molar-refractivity contribution in [3.8, 4) is 5.75 Å². The van der Waals surface area contributed by atoms with E-state index in [9.17, 15) is 14.7 Å². The van der Waals surface area contributed by atoms with E-state index in [-0.39, 0.29) is 24.3 Å². The lowest BCUT2D eigenvalue weighted by molar-refractivity contribution is -0.142. The van der Waals surface area contributed by atoms with Gasteiger partial charge >= 0.3 is 0 Å². The van der Waals surface area contributed by atoms with Gasteiger partial charge in [0, 0.05) is 38.7 Å². The third-order valence-electron chi connectivity index (χ3n) is 5.66. The van der Waals surface area contributed by atoms with E-state index in [4.69, 9.17) is 4.74 Å². The van der Waals surface area contributed by atoms with Crippen LogP contribution in [0.25, 0.3) is 0 Å². The second kappa shape index (κ2) is 9.22. The fraction of sp³-hybridized carbons (Fsp3) is 0.619. The lowest BCUT2D eigenvalue weighted by Crippen LogP contribution is -2.45. The van der Waals surface area contributed by atoms with Crippen molar-refractivity contribution in [1.82, 2.24) is 9.80 Å². The summed E-state index contributed by atoms with van der Waals surface area (Å²) in [4.78, 5) is 28.7. The molecule has 0 aliphatic carbocycles. The number of phenolic OH excluding ortho intramolecular Hbond substituents is 1. The van der Waals surface area contributed by atoms with Crippen molar-refractivity contribution in [1.29, 1.82) is 0 Å². The van der Waals surface area contributed by atoms with Crippen LogP contribution in [0.3, 0.4) is 0 Å². The minimum Gasteiger partial charge on any atom is -0.508 e. The fourth-order valence-electron chi connectivity index (χ4n) is 4.13. The molecule has 0 spiro atoms. The number of hydrogen-bond donors (Lipinski definition) is 1. The van der Waals surface area contributed by atoms with E-state index in [2.05, 4.69) is 0 Å². The zero-order chi connectivity index (χ0) is 19.2. The van der Waals surface area contributed by atoms with E-state index in [0.29, 0.717) is 31.4 Å². The molecule has 1 aromatic carbocycles. The normalized spacial score (nSPS) is 20.9. The predicted molar refractivity (Wildman–Crippen MR) is 102 cm³/mol. The van der Waals surface area contributed by atoms with Crippen LogP contribution in [0.5, 0.6) is 5.75 Å². The van der Waals surface area contributed by atoms with Gasteiger partial charge in [-0.05, 0) is 56.2 Å². The molecule has 148 valence electrons. The molecule has 0 bridgehead atoms. The molecule has 6 heteroatoms. The molecule has 1 N–H and O–H groups in total. The molecule has 0 aromatic heterocycles. The number of nitrogens with zero attached hydrogens (tertiary/aromatic N) is 2. The maximum absolute atomic E-state index is 12.9. The van der Waals surface area contributed by atoms with Crippen LogP contribution in [0.1, 0.15) is 31.7 Å². The molecule has 2 aliphatic heterocycles. The van der Waals surface area contributed by atoms with E-state index < -0.39 is 0 Å². The number of hydrogen-bond acceptors (Lipinski definition) is 4. The van der Waals surface area contributed by atoms with Crippen LogP contribution < -0.4 is 0 Å². The zero-order valence-electron chi connectivity index (χ0n) is 16.1. The molecule has 1 unspecified atom stereocenters. The fourth-order valence-corrected chi connectivity index (χ4v) is 4.13. The molecule has 2 fully saturated rings. The number of piperidine rings is 1. The molecule has 1 atom stereocenters. The van der Waals surface area contributed by atoms with Gasteiger partial charge in [-0.25, -0.2) is 0 Å². The monoisotopic (exact) mass is 374 g/mol. The number of rotatable bonds is 6. The Labute approximate surface area is 161 Å². The van der Waals surface area contributed by atoms with Crippen LogP contribution in [0.4, 0.5) is 0 Å². The third-order valence-corrected chi connectivity index (χ3v) is 5.66. The Bertz CT molecular complexity index is 655. The molecule has 2 heterocycles. The average Bonchev–Trinajstić information content (AvgIpc) is 3.14. The molecule has 1 aromatic rings. The van der Waals surface area contributed by atoms with E-state index in [0.717, 1.165) is 44.3 Å². The van der Waals surface area contributed by atoms with Crippen molar-refractivity contribution >= 4 is 11.8 Å². The summed E-state index contributed by atoms with van der Waals surface area (Å²) < 4.78 is 5.19. The molecular weight excluding hydrogens is 344 g/mol. The van der Waals surface area contributed by atoms with Crippen molar-refractivity contribution in [2.75, 3.05) is 39.4 Å². The maximum Gasteiger partial charge on any atom is 0.248 e. The molecule has 2 amide bonds. The Morgan fingerprint density at radius 2 is 1.89 bits per heavy atom. The Balaban J connectivity index is 1.45. The predicted octanol–water partition coefficient (Wildman–Crippen LogP) is 2.06. The highest BCUT2D eigenvalue weighted by Gasteiger charge is 2.33. The molecule has 6 nitrogen and oxygen atoms in total. The molecule has 2 saturated heterocycles. The van der Waals surface area contributed by atoms with E-state index in [1.165, 1.54) is 0 Å². The van der Waals surface area contributed by atoms with Crippen LogP contribution in [-0.4, -0.2) is 66.1 Å². The van der Waals surface area contributed by atoms with Gasteiger partial charge in [0.05, 0.1) is 0 Å². The SMILES string of the molecule is CCOCC(=O)N1CCC(C(=O)N2CCC(Cc3cccc(O)c3)C2)CC1. The summed E-state index contributed by atoms with van der Waals surface area (Å²) in [5, 5.41) is 9.61. The van der Waals surface area contributed by atoms with Gasteiger partial charge in [-0.2, -0.15) is 0 Å². The lowest BCUT2D eigenvalue weighted by atomic mass is 9.95. The van der Waals surface area contributed by atoms with Gasteiger partial charge in [-0.1, -0.05) is 12.1 Å². The summed E-state index contributed by atoms with van der Waals surface area (Å²) in [6.07, 6.45) is 3.38. The van der Waals surface area contributed by atoms with Crippen LogP contribution >= 0.6 is 0 Å². The first kappa shape index (κ1) is 19.7. The Hall–Kier alpha value is -2.08. The van der Waals surface area contributed by atoms with E-state index >= 15 is 0 Å². The van der Waals surface area contributed by atoms with Gasteiger partial charge < -0.3 is 19.6 Å². The molecule has 2 aliphatic rings. The minimum atomic E-state index is 0.0232. The number of carbonyl (C=O) groups is 2. The number of aromatic hydroxyl groups is 1. The summed E-state index contributed by atoms with van der Waals surface area (Å²) in [7, 11) is 0. The van der Waals surface area contributed by atoms with Crippen molar-refractivity contribution in [2.45, 2.75) is 32.6 Å². The smallest absolute Gasteiger partial charge is 0.248 e. The third kappa shape index (κ3) is 5.22. The summed E-state index contributed by atoms with van der Waals surface area (Å²) in [5.74, 6) is 1.04. The van der Waals surface area contributed by atoms with Gasteiger partial charge in [-0.15, -0.1) is 0 Å². The summed E-state index contributed by atoms with van der Waals surface area (Å²) >= 11 is 0. The number of carbonyl (C=O) groups excluding carboxylic acids is 2. The van der Waals surface area contributed by atoms with Gasteiger partial charge in [0.2, 0.25) is 11.8 Å². The standard InChI is InChI=1S/C21H30N2O4/c1-2-27-15-20(25)22-10-7-18(8-11-22)21(26)23-9-6-17(14-23)12-16-4-3-5-19(24)13-16/h3-5,13,17-18,24H,2,6-12,14-15H2,1H3. The Morgan fingerprint density at radius 1 is 1.15 bits per heavy atom.